The summed E-state index contributed by atoms with van der Waals surface area (Å²) in [5.74, 6) is 8.77. The maximum Gasteiger partial charge on any atom is 0.250 e. The second-order valence-electron chi connectivity index (χ2n) is 27.2. The van der Waals surface area contributed by atoms with Gasteiger partial charge < -0.3 is 28.8 Å². The third kappa shape index (κ3) is 35.3. The smallest absolute Gasteiger partial charge is 0.250 e. The molecule has 0 saturated carbocycles. The predicted molar refractivity (Wildman–Crippen MR) is 541 cm³/mol. The molecule has 681 valence electrons. The van der Waals surface area contributed by atoms with Crippen molar-refractivity contribution in [3.63, 3.8) is 0 Å². The predicted octanol–water partition coefficient (Wildman–Crippen LogP) is 17.0. The lowest BCUT2D eigenvalue weighted by atomic mass is 10.1. The zero-order valence-electron chi connectivity index (χ0n) is 76.7. The summed E-state index contributed by atoms with van der Waals surface area (Å²) in [4.78, 5) is 34.3. The Labute approximate surface area is 805 Å². The van der Waals surface area contributed by atoms with Gasteiger partial charge >= 0.3 is 0 Å². The number of H-pyrrole nitrogens is 2. The number of benzene rings is 7. The third-order valence-corrected chi connectivity index (χ3v) is 20.4. The fourth-order valence-corrected chi connectivity index (χ4v) is 13.4. The van der Waals surface area contributed by atoms with Crippen LogP contribution < -0.4 is 24.3 Å². The van der Waals surface area contributed by atoms with Crippen molar-refractivity contribution in [2.24, 2.45) is 0 Å². The first-order valence-electron chi connectivity index (χ1n) is 40.9. The number of carbonyl (C=O) groups is 1. The Morgan fingerprint density at radius 1 is 0.396 bits per heavy atom. The Morgan fingerprint density at radius 2 is 0.716 bits per heavy atom. The van der Waals surface area contributed by atoms with E-state index in [0.29, 0.717) is 42.6 Å². The van der Waals surface area contributed by atoms with Crippen LogP contribution in [0.4, 0.5) is 0 Å². The number of carbonyl (C=O) groups excluding carboxylic acids is 1. The van der Waals surface area contributed by atoms with Crippen LogP contribution in [0.5, 0.6) is 23.0 Å². The Bertz CT molecular complexity index is 6240. The summed E-state index contributed by atoms with van der Waals surface area (Å²) >= 11 is 6.91. The molecule has 0 atom stereocenters. The van der Waals surface area contributed by atoms with E-state index in [9.17, 15) is 13.2 Å². The molecular weight excluding hydrogens is 1730 g/mol. The van der Waals surface area contributed by atoms with E-state index in [4.69, 9.17) is 31.2 Å². The average molecular weight is 1840 g/mol. The summed E-state index contributed by atoms with van der Waals surface area (Å²) in [6, 6.07) is 81.2. The zero-order chi connectivity index (χ0) is 91.3. The number of hydrogen-bond donors (Lipinski definition) is 3. The lowest BCUT2D eigenvalue weighted by molar-refractivity contribution is -0.118. The van der Waals surface area contributed by atoms with Gasteiger partial charge in [0, 0.05) is 165 Å². The van der Waals surface area contributed by atoms with Crippen LogP contribution in [-0.4, -0.2) is 204 Å². The lowest BCUT2D eigenvalue weighted by Gasteiger charge is -2.11. The number of ether oxygens (including phenoxy) is 4. The molecule has 134 heavy (non-hydrogen) atoms. The molecule has 0 aliphatic carbocycles. The summed E-state index contributed by atoms with van der Waals surface area (Å²) in [6.07, 6.45) is 21.9. The van der Waals surface area contributed by atoms with Crippen LogP contribution >= 0.6 is 24.0 Å². The van der Waals surface area contributed by atoms with Gasteiger partial charge in [0.15, 0.2) is 39.0 Å². The van der Waals surface area contributed by atoms with Crippen LogP contribution in [-0.2, 0) is 53.7 Å². The molecule has 15 radical (unpaired) electrons. The molecule has 3 N–H and O–H groups in total. The minimum atomic E-state index is -3.50. The van der Waals surface area contributed by atoms with Crippen LogP contribution in [0.25, 0.3) is 56.9 Å². The topological polar surface area (TPSA) is 332 Å². The fourth-order valence-electron chi connectivity index (χ4n) is 12.0. The Hall–Kier alpha value is -14.5. The monoisotopic (exact) mass is 1840 g/mol. The number of methoxy groups -OCH3 is 4. The molecule has 0 bridgehead atoms. The van der Waals surface area contributed by atoms with Crippen molar-refractivity contribution < 1.29 is 32.2 Å². The number of rotatable bonds is 23. The first-order chi connectivity index (χ1) is 62.5. The molecule has 10 aromatic heterocycles. The summed E-state index contributed by atoms with van der Waals surface area (Å²) in [5, 5.41) is 43.1. The molecule has 0 saturated heterocycles. The molecule has 17 rings (SSSR count). The highest BCUT2D eigenvalue weighted by Gasteiger charge is 2.23. The van der Waals surface area contributed by atoms with Crippen LogP contribution in [0.3, 0.4) is 0 Å². The second kappa shape index (κ2) is 61.2. The quantitative estimate of drug-likeness (QED) is 0.0304. The summed E-state index contributed by atoms with van der Waals surface area (Å²) in [6.45, 7) is 13.9. The molecule has 1 amide bonds. The van der Waals surface area contributed by atoms with E-state index >= 15 is 0 Å². The van der Waals surface area contributed by atoms with Gasteiger partial charge in [0.05, 0.1) is 54.6 Å². The maximum atomic E-state index is 12.0. The van der Waals surface area contributed by atoms with Gasteiger partial charge in [-0.05, 0) is 168 Å². The maximum absolute atomic E-state index is 12.0. The molecule has 0 aliphatic heterocycles. The third-order valence-electron chi connectivity index (χ3n) is 18.5. The number of nitrogens with zero attached hydrogens (tertiary/aromatic N) is 18. The number of nitrogens with one attached hydrogen (secondary N) is 3. The molecule has 28 nitrogen and oxygen atoms in total. The molecule has 7 aromatic carbocycles. The molecule has 0 spiro atoms. The SMILES string of the molecule is C.CC.CC.CNC(C)=O.COc1ccc(Cn2c(-c3ccncc3)n[nH]c2=S)cc1.COc1ccc(Cn2c(-c3ccncc3)nnc2S(C)(=O)=O)cc1.COc1ccc(Cn2c(Cc3ccccc3)nnc2-c2ccncc2)cc1.COc1ccc(Cn2c(SC)nnc2-c2ccncc2)cc1.Cc1ccccc1.[B].[B].[B].[B].[B].c1ccc(Cc2nc(-c3ccncc3)n[nH]2)cc1. The number of aromatic nitrogens is 20. The van der Waals surface area contributed by atoms with Gasteiger partial charge in [0.1, 0.15) is 34.6 Å². The van der Waals surface area contributed by atoms with E-state index in [2.05, 4.69) is 163 Å². The molecule has 10 heterocycles. The van der Waals surface area contributed by atoms with Crippen molar-refractivity contribution in [1.29, 1.82) is 0 Å². The normalized spacial score (nSPS) is 9.80. The largest absolute Gasteiger partial charge is 0.497 e. The van der Waals surface area contributed by atoms with Crippen molar-refractivity contribution in [1.82, 2.24) is 104 Å². The van der Waals surface area contributed by atoms with Gasteiger partial charge in [-0.1, -0.05) is 192 Å². The number of hydrogen-bond acceptors (Lipinski definition) is 23. The van der Waals surface area contributed by atoms with E-state index < -0.39 is 9.84 Å². The highest BCUT2D eigenvalue weighted by atomic mass is 32.2. The summed E-state index contributed by atoms with van der Waals surface area (Å²) in [7, 11) is 4.69. The van der Waals surface area contributed by atoms with Gasteiger partial charge in [0.2, 0.25) is 20.9 Å². The molecule has 36 heteroatoms. The fraction of sp³-hybridized carbons (Fsp3) is 0.204. The summed E-state index contributed by atoms with van der Waals surface area (Å²) < 4.78 is 53.3. The van der Waals surface area contributed by atoms with Crippen molar-refractivity contribution in [3.05, 3.63) is 366 Å². The standard InChI is InChI=1S/C22H20N4O.C16H16N4O3S.C16H16N4OS.C15H14N4OS.C14H12N4.C7H8.C3H7NO.2C2H6.CH4.5B/c1-27-20-9-7-18(8-10-20)16-26-21(15-17-5-3-2-4-6-17)24-25-22(26)19-11-13-23-14-12-19;1-23-14-5-3-12(4-6-14)11-20-15(13-7-9-17-10-8-13)18-19-16(20)24(2,21)22;1-21-14-5-3-12(4-6-14)11-20-15(18-19-16(20)22-2)13-7-9-17-10-8-13;1-20-13-4-2-11(3-5-13)10-19-14(17-18-15(19)21)12-6-8-16-9-7-12;1-2-4-11(5-3-1)10-13-16-14(18-17-13)12-6-8-15-9-7-12;1-7-5-3-2-4-6-7;1-3(5)4-2;2*1-2;;;;;;/h2-14H,15-16H2,1H3;3-10H,11H2,1-2H3;3-10H,11H2,1-2H3;2-9H,10H2,1H3,(H,18,21);1-9H,10H2,(H,16,17,18);2-6H,1H3;1-2H3,(H,4,5);2*1-2H3;1H4;;;;;. The van der Waals surface area contributed by atoms with Gasteiger partial charge in [-0.2, -0.15) is 10.2 Å². The Morgan fingerprint density at radius 3 is 1.07 bits per heavy atom. The van der Waals surface area contributed by atoms with Crippen molar-refractivity contribution in [2.75, 3.05) is 48.0 Å². The van der Waals surface area contributed by atoms with Gasteiger partial charge in [-0.25, -0.2) is 13.4 Å². The molecule has 17 aromatic rings. The van der Waals surface area contributed by atoms with Crippen molar-refractivity contribution >= 4 is 81.8 Å². The number of aryl methyl sites for hydroxylation is 1. The first-order valence-corrected chi connectivity index (χ1v) is 44.4. The van der Waals surface area contributed by atoms with E-state index in [-0.39, 0.29) is 60.6 Å². The minimum absolute atomic E-state index is 0. The number of amides is 1. The van der Waals surface area contributed by atoms with E-state index in [1.807, 2.05) is 214 Å². The number of sulfone groups is 1. The minimum Gasteiger partial charge on any atom is -0.497 e. The number of pyridine rings is 5. The van der Waals surface area contributed by atoms with Crippen LogP contribution in [0.15, 0.2) is 321 Å². The van der Waals surface area contributed by atoms with Gasteiger partial charge in [-0.15, -0.1) is 30.6 Å². The van der Waals surface area contributed by atoms with Crippen LogP contribution in [0.2, 0.25) is 0 Å². The van der Waals surface area contributed by atoms with Crippen LogP contribution in [0, 0.1) is 11.7 Å². The van der Waals surface area contributed by atoms with E-state index in [0.717, 1.165) is 115 Å². The lowest BCUT2D eigenvalue weighted by Crippen LogP contribution is -2.11. The van der Waals surface area contributed by atoms with Crippen molar-refractivity contribution in [2.45, 2.75) is 98.3 Å². The molecule has 0 unspecified atom stereocenters. The number of thioether (sulfide) groups is 1. The molecule has 0 aliphatic rings. The van der Waals surface area contributed by atoms with Crippen molar-refractivity contribution in [3.8, 4) is 79.9 Å². The molecular formula is C98H109B5N21O7S3. The zero-order valence-corrected chi connectivity index (χ0v) is 79.2. The second-order valence-corrected chi connectivity index (χ2v) is 30.3. The number of aromatic amines is 2. The summed E-state index contributed by atoms with van der Waals surface area (Å²) in [5.41, 5.74) is 12.8. The van der Waals surface area contributed by atoms with E-state index in [1.54, 1.807) is 126 Å². The highest BCUT2D eigenvalue weighted by molar-refractivity contribution is 7.98. The average Bonchev–Trinajstić information content (AvgIpc) is 1.59. The highest BCUT2D eigenvalue weighted by Crippen LogP contribution is 2.28. The molecule has 0 fully saturated rings. The van der Waals surface area contributed by atoms with E-state index in [1.165, 1.54) is 34.7 Å². The van der Waals surface area contributed by atoms with Crippen LogP contribution in [0.1, 0.15) is 92.6 Å². The van der Waals surface area contributed by atoms with Gasteiger partial charge in [-0.3, -0.25) is 53.6 Å². The Kier molecular flexibility index (Phi) is 51.9. The Balaban J connectivity index is 0.000000411. The van der Waals surface area contributed by atoms with Gasteiger partial charge in [0.25, 0.3) is 0 Å². The first kappa shape index (κ1) is 114.